The quantitative estimate of drug-likeness (QED) is 0.0490. The smallest absolute Gasteiger partial charge is 0.0612 e. The molecule has 0 aromatic rings. The van der Waals surface area contributed by atoms with Crippen molar-refractivity contribution in [1.82, 2.24) is 0 Å². The lowest BCUT2D eigenvalue weighted by Gasteiger charge is -2.58. The summed E-state index contributed by atoms with van der Waals surface area (Å²) in [6, 6.07) is 0. The Morgan fingerprint density at radius 2 is 1.23 bits per heavy atom. The van der Waals surface area contributed by atoms with Crippen LogP contribution in [-0.4, -0.2) is 39.1 Å². The number of hydrogen-bond donors (Lipinski definition) is 0. The van der Waals surface area contributed by atoms with Gasteiger partial charge in [-0.05, 0) is 150 Å². The van der Waals surface area contributed by atoms with Gasteiger partial charge in [0, 0.05) is 33.0 Å². The van der Waals surface area contributed by atoms with Crippen molar-refractivity contribution in [2.45, 2.75) is 240 Å². The topological polar surface area (TPSA) is 27.7 Å². The summed E-state index contributed by atoms with van der Waals surface area (Å²) >= 11 is 0. The fraction of sp³-hybridized carbons (Fsp3) is 0.925. The fourth-order valence-corrected chi connectivity index (χ4v) is 12.1. The van der Waals surface area contributed by atoms with E-state index in [1.807, 2.05) is 0 Å². The van der Waals surface area contributed by atoms with E-state index in [-0.39, 0.29) is 0 Å². The number of hydrogen-bond acceptors (Lipinski definition) is 3. The number of rotatable bonds is 33. The standard InChI is InChI=1S/C53H96O3/c1-6-7-8-9-10-11-12-13-14-15-16-17-18-19-20-25-39-54-41-28-42-55-40-26-21-22-27-43-56-48-35-37-53(5)47(44-48)31-33-49-50-34-32-46(30-24-23-29-45(2)3)52(50,4)38-36-51(49)53/h13-14,31,45-46,48-51H,6-12,15-30,32-44H2,1-5H3/b14-13-. The average Bonchev–Trinajstić information content (AvgIpc) is 3.53. The highest BCUT2D eigenvalue weighted by Gasteiger charge is 2.58. The summed E-state index contributed by atoms with van der Waals surface area (Å²) in [5.74, 6) is 4.68. The minimum atomic E-state index is 0.440. The Morgan fingerprint density at radius 1 is 0.625 bits per heavy atom. The van der Waals surface area contributed by atoms with Gasteiger partial charge in [-0.1, -0.05) is 148 Å². The minimum absolute atomic E-state index is 0.440. The van der Waals surface area contributed by atoms with Gasteiger partial charge in [-0.3, -0.25) is 0 Å². The Labute approximate surface area is 350 Å². The zero-order chi connectivity index (χ0) is 39.7. The maximum Gasteiger partial charge on any atom is 0.0612 e. The van der Waals surface area contributed by atoms with Gasteiger partial charge < -0.3 is 14.2 Å². The van der Waals surface area contributed by atoms with E-state index in [1.54, 1.807) is 5.57 Å². The monoisotopic (exact) mass is 781 g/mol. The molecule has 0 aliphatic heterocycles. The Bertz CT molecular complexity index is 1050. The second kappa shape index (κ2) is 28.0. The number of fused-ring (bicyclic) bond motifs is 5. The van der Waals surface area contributed by atoms with Crippen molar-refractivity contribution in [2.75, 3.05) is 33.0 Å². The molecule has 0 aromatic carbocycles. The molecule has 7 unspecified atom stereocenters. The molecule has 0 bridgehead atoms. The number of allylic oxidation sites excluding steroid dienone is 3. The van der Waals surface area contributed by atoms with Gasteiger partial charge in [0.15, 0.2) is 0 Å². The van der Waals surface area contributed by atoms with Crippen LogP contribution in [0.1, 0.15) is 234 Å². The summed E-state index contributed by atoms with van der Waals surface area (Å²) in [5.41, 5.74) is 2.84. The van der Waals surface area contributed by atoms with E-state index < -0.39 is 0 Å². The molecule has 4 aliphatic carbocycles. The van der Waals surface area contributed by atoms with Crippen LogP contribution in [0.2, 0.25) is 0 Å². The summed E-state index contributed by atoms with van der Waals surface area (Å²) in [5, 5.41) is 0. The molecule has 3 fully saturated rings. The van der Waals surface area contributed by atoms with Crippen molar-refractivity contribution in [3.63, 3.8) is 0 Å². The summed E-state index contributed by atoms with van der Waals surface area (Å²) in [6.07, 6.45) is 49.9. The maximum absolute atomic E-state index is 6.54. The van der Waals surface area contributed by atoms with Gasteiger partial charge in [0.25, 0.3) is 0 Å². The number of ether oxygens (including phenoxy) is 3. The van der Waals surface area contributed by atoms with Crippen LogP contribution in [-0.2, 0) is 14.2 Å². The van der Waals surface area contributed by atoms with Gasteiger partial charge >= 0.3 is 0 Å². The highest BCUT2D eigenvalue weighted by atomic mass is 16.5. The second-order valence-corrected chi connectivity index (χ2v) is 20.4. The van der Waals surface area contributed by atoms with Gasteiger partial charge in [-0.15, -0.1) is 0 Å². The lowest BCUT2D eigenvalue weighted by molar-refractivity contribution is -0.0590. The van der Waals surface area contributed by atoms with E-state index in [2.05, 4.69) is 52.8 Å². The molecule has 3 saturated carbocycles. The highest BCUT2D eigenvalue weighted by molar-refractivity contribution is 5.25. The van der Waals surface area contributed by atoms with Gasteiger partial charge in [0.05, 0.1) is 6.10 Å². The molecule has 0 radical (unpaired) electrons. The van der Waals surface area contributed by atoms with Gasteiger partial charge in [-0.2, -0.15) is 0 Å². The van der Waals surface area contributed by atoms with Crippen LogP contribution >= 0.6 is 0 Å². The second-order valence-electron chi connectivity index (χ2n) is 20.4. The third-order valence-electron chi connectivity index (χ3n) is 15.8. The normalized spacial score (nSPS) is 28.8. The first-order valence-electron chi connectivity index (χ1n) is 25.5. The summed E-state index contributed by atoms with van der Waals surface area (Å²) < 4.78 is 18.3. The predicted molar refractivity (Wildman–Crippen MR) is 242 cm³/mol. The van der Waals surface area contributed by atoms with Crippen molar-refractivity contribution in [2.24, 2.45) is 40.4 Å². The first-order chi connectivity index (χ1) is 27.4. The molecule has 0 heterocycles. The molecule has 7 atom stereocenters. The summed E-state index contributed by atoms with van der Waals surface area (Å²) in [7, 11) is 0. The van der Waals surface area contributed by atoms with E-state index in [4.69, 9.17) is 14.2 Å². The lowest BCUT2D eigenvalue weighted by atomic mass is 9.47. The Hall–Kier alpha value is -0.640. The molecule has 4 aliphatic rings. The first kappa shape index (κ1) is 48.0. The van der Waals surface area contributed by atoms with Crippen molar-refractivity contribution in [1.29, 1.82) is 0 Å². The third kappa shape index (κ3) is 16.4. The van der Waals surface area contributed by atoms with Gasteiger partial charge in [-0.25, -0.2) is 0 Å². The van der Waals surface area contributed by atoms with Crippen LogP contribution in [0.4, 0.5) is 0 Å². The largest absolute Gasteiger partial charge is 0.381 e. The fourth-order valence-electron chi connectivity index (χ4n) is 12.1. The van der Waals surface area contributed by atoms with Crippen LogP contribution in [0.3, 0.4) is 0 Å². The predicted octanol–water partition coefficient (Wildman–Crippen LogP) is 16.2. The van der Waals surface area contributed by atoms with Crippen LogP contribution in [0, 0.1) is 40.4 Å². The SMILES string of the molecule is CCCCCCCC/C=C\CCCCCCCCOCCCOCCCCCCOC1CCC2(C)C(=CCC3C2CCC2(C)C(CCCCC(C)C)CCC32)C1. The van der Waals surface area contributed by atoms with E-state index in [0.717, 1.165) is 69.0 Å². The van der Waals surface area contributed by atoms with E-state index in [1.165, 1.54) is 193 Å². The minimum Gasteiger partial charge on any atom is -0.381 e. The molecule has 3 heteroatoms. The van der Waals surface area contributed by atoms with Crippen molar-refractivity contribution in [3.8, 4) is 0 Å². The van der Waals surface area contributed by atoms with E-state index in [9.17, 15) is 0 Å². The molecule has 0 aromatic heterocycles. The third-order valence-corrected chi connectivity index (χ3v) is 15.8. The Kier molecular flexibility index (Phi) is 24.0. The van der Waals surface area contributed by atoms with Crippen molar-refractivity contribution >= 4 is 0 Å². The molecule has 0 amide bonds. The summed E-state index contributed by atoms with van der Waals surface area (Å²) in [6.45, 7) is 16.9. The molecule has 0 saturated heterocycles. The maximum atomic E-state index is 6.54. The molecule has 326 valence electrons. The average molecular weight is 781 g/mol. The highest BCUT2D eigenvalue weighted by Crippen LogP contribution is 2.66. The molecule has 56 heavy (non-hydrogen) atoms. The van der Waals surface area contributed by atoms with Crippen LogP contribution in [0.25, 0.3) is 0 Å². The van der Waals surface area contributed by atoms with Gasteiger partial charge in [0.1, 0.15) is 0 Å². The molecule has 3 nitrogen and oxygen atoms in total. The van der Waals surface area contributed by atoms with Gasteiger partial charge in [0.2, 0.25) is 0 Å². The van der Waals surface area contributed by atoms with E-state index >= 15 is 0 Å². The number of unbranched alkanes of at least 4 members (excludes halogenated alkanes) is 16. The lowest BCUT2D eigenvalue weighted by Crippen LogP contribution is -2.50. The summed E-state index contributed by atoms with van der Waals surface area (Å²) in [4.78, 5) is 0. The molecular formula is C53H96O3. The molecule has 0 N–H and O–H groups in total. The van der Waals surface area contributed by atoms with Crippen molar-refractivity contribution in [3.05, 3.63) is 23.8 Å². The van der Waals surface area contributed by atoms with E-state index in [0.29, 0.717) is 16.9 Å². The molecule has 0 spiro atoms. The van der Waals surface area contributed by atoms with Crippen LogP contribution in [0.5, 0.6) is 0 Å². The zero-order valence-electron chi connectivity index (χ0n) is 38.4. The van der Waals surface area contributed by atoms with Crippen LogP contribution < -0.4 is 0 Å². The Morgan fingerprint density at radius 3 is 1.89 bits per heavy atom. The molecule has 4 rings (SSSR count). The zero-order valence-corrected chi connectivity index (χ0v) is 38.4. The molecular weight excluding hydrogens is 685 g/mol. The Balaban J connectivity index is 0.912. The van der Waals surface area contributed by atoms with Crippen molar-refractivity contribution < 1.29 is 14.2 Å². The first-order valence-corrected chi connectivity index (χ1v) is 25.5. The van der Waals surface area contributed by atoms with Crippen LogP contribution in [0.15, 0.2) is 23.8 Å².